The summed E-state index contributed by atoms with van der Waals surface area (Å²) in [6.45, 7) is 1.69. The summed E-state index contributed by atoms with van der Waals surface area (Å²) in [7, 11) is 0. The standard InChI is InChI=1S/C23H21BrN2O/c24-14-7-15-26(17-20-12-6-11-18-8-4-5-13-21(18)20)23-16-22(25-27-23)19-9-2-1-3-10-19/h1-6,8-13,16H,7,14-15,17H2. The van der Waals surface area contributed by atoms with Gasteiger partial charge in [-0.1, -0.05) is 93.9 Å². The van der Waals surface area contributed by atoms with Crippen molar-refractivity contribution in [2.75, 3.05) is 16.8 Å². The zero-order chi connectivity index (χ0) is 18.5. The minimum Gasteiger partial charge on any atom is -0.338 e. The second kappa shape index (κ2) is 8.40. The summed E-state index contributed by atoms with van der Waals surface area (Å²) in [5, 5.41) is 7.79. The van der Waals surface area contributed by atoms with Gasteiger partial charge in [0.05, 0.1) is 0 Å². The molecule has 1 heterocycles. The first-order chi connectivity index (χ1) is 13.3. The van der Waals surface area contributed by atoms with Crippen molar-refractivity contribution < 1.29 is 4.52 Å². The van der Waals surface area contributed by atoms with Crippen molar-refractivity contribution in [2.24, 2.45) is 0 Å². The van der Waals surface area contributed by atoms with Gasteiger partial charge in [-0.3, -0.25) is 0 Å². The van der Waals surface area contributed by atoms with E-state index in [9.17, 15) is 0 Å². The van der Waals surface area contributed by atoms with Crippen molar-refractivity contribution in [3.05, 3.63) is 84.4 Å². The number of hydrogen-bond donors (Lipinski definition) is 0. The summed E-state index contributed by atoms with van der Waals surface area (Å²) in [6.07, 6.45) is 1.03. The Morgan fingerprint density at radius 3 is 2.52 bits per heavy atom. The fraction of sp³-hybridized carbons (Fsp3) is 0.174. The van der Waals surface area contributed by atoms with Crippen molar-refractivity contribution >= 4 is 32.6 Å². The zero-order valence-electron chi connectivity index (χ0n) is 15.0. The number of nitrogens with zero attached hydrogens (tertiary/aromatic N) is 2. The molecular formula is C23H21BrN2O. The summed E-state index contributed by atoms with van der Waals surface area (Å²) in [5.74, 6) is 0.808. The lowest BCUT2D eigenvalue weighted by atomic mass is 10.0. The normalized spacial score (nSPS) is 11.0. The fourth-order valence-corrected chi connectivity index (χ4v) is 3.56. The zero-order valence-corrected chi connectivity index (χ0v) is 16.6. The van der Waals surface area contributed by atoms with Gasteiger partial charge in [0.25, 0.3) is 0 Å². The lowest BCUT2D eigenvalue weighted by molar-refractivity contribution is 0.416. The van der Waals surface area contributed by atoms with E-state index >= 15 is 0 Å². The van der Waals surface area contributed by atoms with Crippen LogP contribution in [0, 0.1) is 0 Å². The van der Waals surface area contributed by atoms with E-state index in [1.807, 2.05) is 24.3 Å². The summed E-state index contributed by atoms with van der Waals surface area (Å²) >= 11 is 3.54. The van der Waals surface area contributed by atoms with Crippen molar-refractivity contribution in [3.8, 4) is 11.3 Å². The number of hydrogen-bond acceptors (Lipinski definition) is 3. The monoisotopic (exact) mass is 420 g/mol. The van der Waals surface area contributed by atoms with Crippen LogP contribution in [0.4, 0.5) is 5.88 Å². The maximum absolute atomic E-state index is 5.72. The number of benzene rings is 3. The number of anilines is 1. The molecule has 0 unspecified atom stereocenters. The molecule has 136 valence electrons. The molecule has 4 aromatic rings. The van der Waals surface area contributed by atoms with Crippen LogP contribution in [0.1, 0.15) is 12.0 Å². The first-order valence-corrected chi connectivity index (χ1v) is 10.3. The molecule has 0 spiro atoms. The first-order valence-electron chi connectivity index (χ1n) is 9.15. The van der Waals surface area contributed by atoms with Gasteiger partial charge in [-0.15, -0.1) is 0 Å². The first kappa shape index (κ1) is 17.8. The molecule has 0 atom stereocenters. The lowest BCUT2D eigenvalue weighted by Gasteiger charge is -2.21. The minimum absolute atomic E-state index is 0.789. The molecule has 4 rings (SSSR count). The van der Waals surface area contributed by atoms with E-state index in [0.29, 0.717) is 0 Å². The molecule has 0 aliphatic carbocycles. The third-order valence-electron chi connectivity index (χ3n) is 4.68. The van der Waals surface area contributed by atoms with Crippen LogP contribution in [-0.2, 0) is 6.54 Å². The van der Waals surface area contributed by atoms with Gasteiger partial charge in [0.15, 0.2) is 0 Å². The highest BCUT2D eigenvalue weighted by molar-refractivity contribution is 9.09. The third kappa shape index (κ3) is 4.06. The number of aromatic nitrogens is 1. The summed E-state index contributed by atoms with van der Waals surface area (Å²) < 4.78 is 5.72. The van der Waals surface area contributed by atoms with Crippen LogP contribution in [0.15, 0.2) is 83.4 Å². The van der Waals surface area contributed by atoms with E-state index in [1.54, 1.807) is 0 Å². The molecule has 3 nitrogen and oxygen atoms in total. The molecule has 1 aromatic heterocycles. The van der Waals surface area contributed by atoms with E-state index in [2.05, 4.69) is 80.6 Å². The van der Waals surface area contributed by atoms with Crippen molar-refractivity contribution in [1.82, 2.24) is 5.16 Å². The SMILES string of the molecule is BrCCCN(Cc1cccc2ccccc12)c1cc(-c2ccccc2)no1. The molecule has 0 radical (unpaired) electrons. The maximum atomic E-state index is 5.72. The predicted molar refractivity (Wildman–Crippen MR) is 115 cm³/mol. The Morgan fingerprint density at radius 2 is 1.67 bits per heavy atom. The second-order valence-electron chi connectivity index (χ2n) is 6.52. The Hall–Kier alpha value is -2.59. The van der Waals surface area contributed by atoms with E-state index in [0.717, 1.165) is 42.0 Å². The molecule has 0 saturated heterocycles. The minimum atomic E-state index is 0.789. The summed E-state index contributed by atoms with van der Waals surface area (Å²) in [6, 6.07) is 27.2. The van der Waals surface area contributed by atoms with Crippen LogP contribution < -0.4 is 4.90 Å². The molecule has 0 amide bonds. The van der Waals surface area contributed by atoms with Crippen LogP contribution in [-0.4, -0.2) is 17.0 Å². The highest BCUT2D eigenvalue weighted by Crippen LogP contribution is 2.27. The molecule has 4 heteroatoms. The smallest absolute Gasteiger partial charge is 0.228 e. The van der Waals surface area contributed by atoms with Crippen molar-refractivity contribution in [1.29, 1.82) is 0 Å². The summed E-state index contributed by atoms with van der Waals surface area (Å²) in [5.41, 5.74) is 3.23. The van der Waals surface area contributed by atoms with Gasteiger partial charge in [-0.05, 0) is 22.8 Å². The molecule has 3 aromatic carbocycles. The average Bonchev–Trinajstić information content (AvgIpc) is 3.22. The second-order valence-corrected chi connectivity index (χ2v) is 7.31. The Balaban J connectivity index is 1.64. The quantitative estimate of drug-likeness (QED) is 0.329. The van der Waals surface area contributed by atoms with Crippen LogP contribution in [0.2, 0.25) is 0 Å². The van der Waals surface area contributed by atoms with Crippen molar-refractivity contribution in [3.63, 3.8) is 0 Å². The van der Waals surface area contributed by atoms with Gasteiger partial charge in [-0.2, -0.15) is 0 Å². The molecule has 0 aliphatic rings. The highest BCUT2D eigenvalue weighted by Gasteiger charge is 2.15. The Morgan fingerprint density at radius 1 is 0.889 bits per heavy atom. The van der Waals surface area contributed by atoms with Gasteiger partial charge in [0, 0.05) is 30.0 Å². The topological polar surface area (TPSA) is 29.3 Å². The molecule has 0 fully saturated rings. The molecule has 0 aliphatic heterocycles. The molecule has 27 heavy (non-hydrogen) atoms. The molecule has 0 saturated carbocycles. The Kier molecular flexibility index (Phi) is 5.54. The number of fused-ring (bicyclic) bond motifs is 1. The molecular weight excluding hydrogens is 400 g/mol. The van der Waals surface area contributed by atoms with Crippen LogP contribution in [0.3, 0.4) is 0 Å². The van der Waals surface area contributed by atoms with Crippen LogP contribution in [0.5, 0.6) is 0 Å². The largest absolute Gasteiger partial charge is 0.338 e. The van der Waals surface area contributed by atoms with E-state index in [4.69, 9.17) is 4.52 Å². The predicted octanol–water partition coefficient (Wildman–Crippen LogP) is 6.29. The van der Waals surface area contributed by atoms with E-state index in [1.165, 1.54) is 16.3 Å². The van der Waals surface area contributed by atoms with E-state index < -0.39 is 0 Å². The van der Waals surface area contributed by atoms with E-state index in [-0.39, 0.29) is 0 Å². The van der Waals surface area contributed by atoms with Crippen molar-refractivity contribution in [2.45, 2.75) is 13.0 Å². The van der Waals surface area contributed by atoms with Gasteiger partial charge in [-0.25, -0.2) is 0 Å². The van der Waals surface area contributed by atoms with Crippen LogP contribution >= 0.6 is 15.9 Å². The number of halogens is 1. The highest BCUT2D eigenvalue weighted by atomic mass is 79.9. The summed E-state index contributed by atoms with van der Waals surface area (Å²) in [4.78, 5) is 2.27. The van der Waals surface area contributed by atoms with Gasteiger partial charge in [0.2, 0.25) is 5.88 Å². The Labute approximate surface area is 167 Å². The van der Waals surface area contributed by atoms with Gasteiger partial charge in [0.1, 0.15) is 5.69 Å². The third-order valence-corrected chi connectivity index (χ3v) is 5.24. The number of rotatable bonds is 7. The lowest BCUT2D eigenvalue weighted by Crippen LogP contribution is -2.23. The maximum Gasteiger partial charge on any atom is 0.228 e. The van der Waals surface area contributed by atoms with Crippen LogP contribution in [0.25, 0.3) is 22.0 Å². The van der Waals surface area contributed by atoms with Gasteiger partial charge >= 0.3 is 0 Å². The van der Waals surface area contributed by atoms with Gasteiger partial charge < -0.3 is 9.42 Å². The average molecular weight is 421 g/mol. The number of alkyl halides is 1. The molecule has 0 bridgehead atoms. The Bertz CT molecular complexity index is 1010. The fourth-order valence-electron chi connectivity index (χ4n) is 3.31. The molecule has 0 N–H and O–H groups in total.